The molecule has 1 heterocycles. The molecule has 2 nitrogen and oxygen atoms in total. The molecule has 0 unspecified atom stereocenters. The first kappa shape index (κ1) is 10.4. The molecule has 0 saturated heterocycles. The standard InChI is InChI=1S/C6H5Cl2N.CH2O/c1-4-2-5(7)3-6(8)9-4;1-2/h2-3H,1H3;1H2. The van der Waals surface area contributed by atoms with Gasteiger partial charge in [0.25, 0.3) is 0 Å². The first-order chi connectivity index (χ1) is 5.18. The average Bonchev–Trinajstić information content (AvgIpc) is 1.88. The molecule has 0 aromatic carbocycles. The van der Waals surface area contributed by atoms with Crippen LogP contribution in [-0.2, 0) is 4.79 Å². The third-order valence-electron chi connectivity index (χ3n) is 0.887. The number of halogens is 2. The van der Waals surface area contributed by atoms with Crippen molar-refractivity contribution in [2.24, 2.45) is 0 Å². The molecule has 0 aliphatic heterocycles. The zero-order valence-electron chi connectivity index (χ0n) is 5.97. The Balaban J connectivity index is 0.000000461. The third-order valence-corrected chi connectivity index (χ3v) is 1.30. The van der Waals surface area contributed by atoms with E-state index in [0.717, 1.165) is 5.69 Å². The summed E-state index contributed by atoms with van der Waals surface area (Å²) in [7, 11) is 0. The van der Waals surface area contributed by atoms with Crippen LogP contribution >= 0.6 is 23.2 Å². The number of aryl methyl sites for hydroxylation is 1. The van der Waals surface area contributed by atoms with E-state index in [-0.39, 0.29) is 0 Å². The van der Waals surface area contributed by atoms with Crippen LogP contribution in [0.4, 0.5) is 0 Å². The van der Waals surface area contributed by atoms with Gasteiger partial charge in [-0.3, -0.25) is 0 Å². The monoisotopic (exact) mass is 191 g/mol. The van der Waals surface area contributed by atoms with Crippen molar-refractivity contribution in [3.05, 3.63) is 28.0 Å². The van der Waals surface area contributed by atoms with E-state index in [0.29, 0.717) is 10.2 Å². The molecule has 0 amide bonds. The van der Waals surface area contributed by atoms with E-state index in [2.05, 4.69) is 4.98 Å². The Labute approximate surface area is 75.2 Å². The minimum atomic E-state index is 0.444. The van der Waals surface area contributed by atoms with Crippen LogP contribution in [-0.4, -0.2) is 11.8 Å². The lowest BCUT2D eigenvalue weighted by Gasteiger charge is -1.92. The number of hydrogen-bond donors (Lipinski definition) is 0. The molecule has 0 bridgehead atoms. The van der Waals surface area contributed by atoms with Gasteiger partial charge >= 0.3 is 0 Å². The van der Waals surface area contributed by atoms with Gasteiger partial charge in [0.2, 0.25) is 0 Å². The number of carbonyl (C=O) groups is 1. The predicted molar refractivity (Wildman–Crippen MR) is 46.1 cm³/mol. The van der Waals surface area contributed by atoms with Gasteiger partial charge in [-0.1, -0.05) is 23.2 Å². The number of pyridine rings is 1. The lowest BCUT2D eigenvalue weighted by atomic mass is 10.4. The lowest BCUT2D eigenvalue weighted by molar-refractivity contribution is -0.0979. The van der Waals surface area contributed by atoms with Crippen molar-refractivity contribution in [2.75, 3.05) is 0 Å². The normalized spacial score (nSPS) is 8.27. The maximum atomic E-state index is 8.00. The Hall–Kier alpha value is -0.600. The van der Waals surface area contributed by atoms with Crippen molar-refractivity contribution in [1.29, 1.82) is 0 Å². The molecule has 0 aliphatic carbocycles. The second kappa shape index (κ2) is 5.10. The highest BCUT2D eigenvalue weighted by atomic mass is 35.5. The van der Waals surface area contributed by atoms with Crippen molar-refractivity contribution < 1.29 is 4.79 Å². The second-order valence-electron chi connectivity index (χ2n) is 1.75. The second-order valence-corrected chi connectivity index (χ2v) is 2.57. The molecule has 0 fully saturated rings. The fraction of sp³-hybridized carbons (Fsp3) is 0.143. The quantitative estimate of drug-likeness (QED) is 0.591. The van der Waals surface area contributed by atoms with E-state index in [1.165, 1.54) is 0 Å². The van der Waals surface area contributed by atoms with Crippen molar-refractivity contribution in [2.45, 2.75) is 6.92 Å². The smallest absolute Gasteiger partial charge is 0.130 e. The van der Waals surface area contributed by atoms with E-state index in [9.17, 15) is 0 Å². The minimum absolute atomic E-state index is 0.444. The molecule has 0 aliphatic rings. The zero-order valence-corrected chi connectivity index (χ0v) is 7.49. The summed E-state index contributed by atoms with van der Waals surface area (Å²) in [6.45, 7) is 3.84. The van der Waals surface area contributed by atoms with Crippen LogP contribution < -0.4 is 0 Å². The first-order valence-corrected chi connectivity index (χ1v) is 3.52. The fourth-order valence-electron chi connectivity index (χ4n) is 0.588. The van der Waals surface area contributed by atoms with E-state index in [1.54, 1.807) is 12.1 Å². The molecule has 1 aromatic rings. The number of carbonyl (C=O) groups excluding carboxylic acids is 1. The van der Waals surface area contributed by atoms with Crippen LogP contribution in [0, 0.1) is 6.92 Å². The SMILES string of the molecule is C=O.Cc1cc(Cl)cc(Cl)n1. The Morgan fingerprint density at radius 3 is 2.27 bits per heavy atom. The third kappa shape index (κ3) is 3.96. The van der Waals surface area contributed by atoms with Gasteiger partial charge in [-0.05, 0) is 19.1 Å². The molecule has 4 heteroatoms. The summed E-state index contributed by atoms with van der Waals surface area (Å²) in [5.74, 6) is 0. The molecule has 11 heavy (non-hydrogen) atoms. The van der Waals surface area contributed by atoms with Gasteiger partial charge in [0.15, 0.2) is 0 Å². The lowest BCUT2D eigenvalue weighted by Crippen LogP contribution is -1.79. The van der Waals surface area contributed by atoms with Crippen LogP contribution in [0.3, 0.4) is 0 Å². The molecule has 60 valence electrons. The molecular weight excluding hydrogens is 185 g/mol. The average molecular weight is 192 g/mol. The summed E-state index contributed by atoms with van der Waals surface area (Å²) in [5, 5.41) is 1.08. The molecule has 0 N–H and O–H groups in total. The molecular formula is C7H7Cl2NO. The van der Waals surface area contributed by atoms with E-state index in [4.69, 9.17) is 28.0 Å². The molecule has 1 aromatic heterocycles. The van der Waals surface area contributed by atoms with Gasteiger partial charge < -0.3 is 4.79 Å². The van der Waals surface area contributed by atoms with E-state index < -0.39 is 0 Å². The maximum absolute atomic E-state index is 8.00. The first-order valence-electron chi connectivity index (χ1n) is 2.77. The summed E-state index contributed by atoms with van der Waals surface area (Å²) >= 11 is 11.2. The predicted octanol–water partition coefficient (Wildman–Crippen LogP) is 2.51. The summed E-state index contributed by atoms with van der Waals surface area (Å²) in [4.78, 5) is 11.9. The highest BCUT2D eigenvalue weighted by Crippen LogP contribution is 2.14. The fourth-order valence-corrected chi connectivity index (χ4v) is 1.16. The minimum Gasteiger partial charge on any atom is -0.307 e. The van der Waals surface area contributed by atoms with E-state index >= 15 is 0 Å². The largest absolute Gasteiger partial charge is 0.307 e. The number of rotatable bonds is 0. The zero-order chi connectivity index (χ0) is 8.85. The van der Waals surface area contributed by atoms with Crippen LogP contribution in [0.5, 0.6) is 0 Å². The number of nitrogens with zero attached hydrogens (tertiary/aromatic N) is 1. The van der Waals surface area contributed by atoms with Gasteiger partial charge in [-0.2, -0.15) is 0 Å². The molecule has 0 atom stereocenters. The summed E-state index contributed by atoms with van der Waals surface area (Å²) in [6.07, 6.45) is 0. The van der Waals surface area contributed by atoms with E-state index in [1.807, 2.05) is 13.7 Å². The van der Waals surface area contributed by atoms with Gasteiger partial charge in [-0.25, -0.2) is 4.98 Å². The maximum Gasteiger partial charge on any atom is 0.130 e. The molecule has 0 radical (unpaired) electrons. The van der Waals surface area contributed by atoms with Gasteiger partial charge in [0, 0.05) is 10.7 Å². The topological polar surface area (TPSA) is 30.0 Å². The highest BCUT2D eigenvalue weighted by molar-refractivity contribution is 6.33. The molecule has 0 saturated carbocycles. The van der Waals surface area contributed by atoms with Crippen LogP contribution in [0.2, 0.25) is 10.2 Å². The van der Waals surface area contributed by atoms with Crippen LogP contribution in [0.25, 0.3) is 0 Å². The Bertz CT molecular complexity index is 189. The summed E-state index contributed by atoms with van der Waals surface area (Å²) in [5.41, 5.74) is 0.840. The van der Waals surface area contributed by atoms with Gasteiger partial charge in [0.05, 0.1) is 0 Å². The molecule has 1 rings (SSSR count). The summed E-state index contributed by atoms with van der Waals surface area (Å²) < 4.78 is 0. The van der Waals surface area contributed by atoms with Crippen molar-refractivity contribution in [1.82, 2.24) is 4.98 Å². The van der Waals surface area contributed by atoms with Crippen LogP contribution in [0.15, 0.2) is 12.1 Å². The van der Waals surface area contributed by atoms with Gasteiger partial charge in [-0.15, -0.1) is 0 Å². The number of hydrogen-bond acceptors (Lipinski definition) is 2. The van der Waals surface area contributed by atoms with Crippen LogP contribution in [0.1, 0.15) is 5.69 Å². The van der Waals surface area contributed by atoms with Crippen molar-refractivity contribution in [3.8, 4) is 0 Å². The Kier molecular flexibility index (Phi) is 4.83. The Morgan fingerprint density at radius 1 is 1.36 bits per heavy atom. The number of aromatic nitrogens is 1. The van der Waals surface area contributed by atoms with Gasteiger partial charge in [0.1, 0.15) is 11.9 Å². The highest BCUT2D eigenvalue weighted by Gasteiger charge is 1.92. The molecule has 0 spiro atoms. The Morgan fingerprint density at radius 2 is 1.91 bits per heavy atom. The van der Waals surface area contributed by atoms with Crippen molar-refractivity contribution in [3.63, 3.8) is 0 Å². The van der Waals surface area contributed by atoms with Crippen molar-refractivity contribution >= 4 is 30.0 Å². The summed E-state index contributed by atoms with van der Waals surface area (Å²) in [6, 6.07) is 3.36.